The highest BCUT2D eigenvalue weighted by molar-refractivity contribution is 7.16. The van der Waals surface area contributed by atoms with Gasteiger partial charge in [-0.15, -0.1) is 11.3 Å². The van der Waals surface area contributed by atoms with Crippen LogP contribution in [0.5, 0.6) is 11.5 Å². The van der Waals surface area contributed by atoms with E-state index in [0.29, 0.717) is 22.1 Å². The summed E-state index contributed by atoms with van der Waals surface area (Å²) in [6.45, 7) is -0.238. The zero-order valence-corrected chi connectivity index (χ0v) is 16.3. The van der Waals surface area contributed by atoms with Crippen molar-refractivity contribution in [3.05, 3.63) is 45.8 Å². The Kier molecular flexibility index (Phi) is 5.49. The Morgan fingerprint density at radius 1 is 1.24 bits per heavy atom. The number of esters is 1. The predicted octanol–water partition coefficient (Wildman–Crippen LogP) is 3.42. The molecule has 1 aliphatic carbocycles. The number of benzene rings is 1. The largest absolute Gasteiger partial charge is 0.454 e. The highest BCUT2D eigenvalue weighted by Gasteiger charge is 2.22. The van der Waals surface area contributed by atoms with Crippen LogP contribution in [0.15, 0.2) is 24.3 Å². The van der Waals surface area contributed by atoms with Crippen LogP contribution in [-0.4, -0.2) is 25.3 Å². The molecule has 4 rings (SSSR count). The molecule has 0 radical (unpaired) electrons. The minimum absolute atomic E-state index is 0.181. The van der Waals surface area contributed by atoms with Gasteiger partial charge >= 0.3 is 5.97 Å². The molecule has 1 aromatic heterocycles. The first-order valence-electron chi connectivity index (χ1n) is 9.23. The molecule has 7 nitrogen and oxygen atoms in total. The van der Waals surface area contributed by atoms with Crippen LogP contribution >= 0.6 is 11.3 Å². The van der Waals surface area contributed by atoms with Crippen LogP contribution in [0.1, 0.15) is 34.4 Å². The van der Waals surface area contributed by atoms with E-state index < -0.39 is 18.5 Å². The van der Waals surface area contributed by atoms with E-state index in [1.807, 2.05) is 0 Å². The van der Waals surface area contributed by atoms with Crippen LogP contribution in [0, 0.1) is 11.3 Å². The monoisotopic (exact) mass is 410 g/mol. The van der Waals surface area contributed by atoms with Crippen LogP contribution < -0.4 is 14.8 Å². The zero-order chi connectivity index (χ0) is 20.2. The number of thiophene rings is 1. The summed E-state index contributed by atoms with van der Waals surface area (Å²) < 4.78 is 15.5. The van der Waals surface area contributed by atoms with Crippen molar-refractivity contribution in [2.75, 3.05) is 18.7 Å². The number of carbonyl (C=O) groups excluding carboxylic acids is 2. The Bertz CT molecular complexity index is 1030. The first-order valence-corrected chi connectivity index (χ1v) is 10.0. The molecule has 2 heterocycles. The van der Waals surface area contributed by atoms with E-state index in [1.165, 1.54) is 17.4 Å². The number of anilines is 1. The average molecular weight is 410 g/mol. The fourth-order valence-corrected chi connectivity index (χ4v) is 4.56. The molecule has 0 atom stereocenters. The molecule has 0 fully saturated rings. The van der Waals surface area contributed by atoms with Crippen molar-refractivity contribution in [1.29, 1.82) is 5.26 Å². The molecule has 29 heavy (non-hydrogen) atoms. The van der Waals surface area contributed by atoms with Gasteiger partial charge in [0.25, 0.3) is 5.91 Å². The third-order valence-corrected chi connectivity index (χ3v) is 5.90. The number of amides is 1. The van der Waals surface area contributed by atoms with Crippen LogP contribution in [0.3, 0.4) is 0 Å². The number of nitriles is 1. The maximum Gasteiger partial charge on any atom is 0.331 e. The van der Waals surface area contributed by atoms with E-state index in [4.69, 9.17) is 14.2 Å². The van der Waals surface area contributed by atoms with Gasteiger partial charge in [-0.2, -0.15) is 5.26 Å². The van der Waals surface area contributed by atoms with Gasteiger partial charge in [-0.05, 0) is 55.0 Å². The van der Waals surface area contributed by atoms with Gasteiger partial charge in [0, 0.05) is 11.0 Å². The first kappa shape index (κ1) is 19.0. The van der Waals surface area contributed by atoms with Crippen molar-refractivity contribution in [3.8, 4) is 17.6 Å². The summed E-state index contributed by atoms with van der Waals surface area (Å²) in [4.78, 5) is 25.2. The number of hydrogen-bond acceptors (Lipinski definition) is 7. The number of carbonyl (C=O) groups is 2. The molecular weight excluding hydrogens is 392 g/mol. The summed E-state index contributed by atoms with van der Waals surface area (Å²) in [5.74, 6) is 0.175. The Morgan fingerprint density at radius 2 is 2.07 bits per heavy atom. The molecule has 8 heteroatoms. The molecule has 148 valence electrons. The quantitative estimate of drug-likeness (QED) is 0.599. The van der Waals surface area contributed by atoms with Crippen LogP contribution in [-0.2, 0) is 27.2 Å². The van der Waals surface area contributed by atoms with Crippen LogP contribution in [0.25, 0.3) is 6.08 Å². The lowest BCUT2D eigenvalue weighted by molar-refractivity contribution is -0.142. The van der Waals surface area contributed by atoms with E-state index >= 15 is 0 Å². The Labute approximate surface area is 171 Å². The highest BCUT2D eigenvalue weighted by Crippen LogP contribution is 2.37. The molecule has 0 unspecified atom stereocenters. The maximum atomic E-state index is 12.2. The summed E-state index contributed by atoms with van der Waals surface area (Å²) >= 11 is 1.44. The van der Waals surface area contributed by atoms with Gasteiger partial charge in [0.1, 0.15) is 11.1 Å². The minimum atomic E-state index is -0.635. The van der Waals surface area contributed by atoms with Gasteiger partial charge in [-0.3, -0.25) is 4.79 Å². The molecule has 1 N–H and O–H groups in total. The summed E-state index contributed by atoms with van der Waals surface area (Å²) in [5, 5.41) is 12.7. The fraction of sp³-hybridized carbons (Fsp3) is 0.286. The molecule has 2 aliphatic rings. The fourth-order valence-electron chi connectivity index (χ4n) is 3.30. The van der Waals surface area contributed by atoms with E-state index in [0.717, 1.165) is 41.7 Å². The van der Waals surface area contributed by atoms with Crippen molar-refractivity contribution in [1.82, 2.24) is 0 Å². The number of hydrogen-bond donors (Lipinski definition) is 1. The molecule has 0 bridgehead atoms. The summed E-state index contributed by atoms with van der Waals surface area (Å²) in [7, 11) is 0. The van der Waals surface area contributed by atoms with Crippen molar-refractivity contribution in [2.45, 2.75) is 25.7 Å². The lowest BCUT2D eigenvalue weighted by atomic mass is 9.96. The Morgan fingerprint density at radius 3 is 2.93 bits per heavy atom. The lowest BCUT2D eigenvalue weighted by Crippen LogP contribution is -2.20. The van der Waals surface area contributed by atoms with Crippen molar-refractivity contribution in [3.63, 3.8) is 0 Å². The predicted molar refractivity (Wildman–Crippen MR) is 107 cm³/mol. The third-order valence-electron chi connectivity index (χ3n) is 4.69. The average Bonchev–Trinajstić information content (AvgIpc) is 3.33. The standard InChI is InChI=1S/C21H18N2O5S/c22-10-15-14-3-1-2-4-18(14)29-21(15)23-19(24)11-26-20(25)8-6-13-5-7-16-17(9-13)28-12-27-16/h5-9H,1-4,11-12H2,(H,23,24)/b8-6+. The van der Waals surface area contributed by atoms with Crippen LogP contribution in [0.2, 0.25) is 0 Å². The number of rotatable bonds is 5. The smallest absolute Gasteiger partial charge is 0.331 e. The molecule has 0 spiro atoms. The molecule has 1 aromatic carbocycles. The molecular formula is C21H18N2O5S. The molecule has 2 aromatic rings. The van der Waals surface area contributed by atoms with Gasteiger partial charge in [0.15, 0.2) is 18.1 Å². The Balaban J connectivity index is 1.31. The molecule has 1 amide bonds. The number of ether oxygens (including phenoxy) is 3. The minimum Gasteiger partial charge on any atom is -0.454 e. The highest BCUT2D eigenvalue weighted by atomic mass is 32.1. The molecule has 0 saturated heterocycles. The number of aryl methyl sites for hydroxylation is 1. The number of fused-ring (bicyclic) bond motifs is 2. The molecule has 1 aliphatic heterocycles. The van der Waals surface area contributed by atoms with Crippen molar-refractivity contribution >= 4 is 34.3 Å². The van der Waals surface area contributed by atoms with Crippen LogP contribution in [0.4, 0.5) is 5.00 Å². The number of nitrogens with zero attached hydrogens (tertiary/aromatic N) is 1. The summed E-state index contributed by atoms with van der Waals surface area (Å²) in [5.41, 5.74) is 2.33. The second-order valence-electron chi connectivity index (χ2n) is 6.63. The normalized spacial score (nSPS) is 14.3. The van der Waals surface area contributed by atoms with Crippen molar-refractivity contribution < 1.29 is 23.8 Å². The van der Waals surface area contributed by atoms with E-state index in [1.54, 1.807) is 24.3 Å². The van der Waals surface area contributed by atoms with E-state index in [9.17, 15) is 14.9 Å². The van der Waals surface area contributed by atoms with E-state index in [2.05, 4.69) is 11.4 Å². The Hall–Kier alpha value is -3.31. The van der Waals surface area contributed by atoms with Gasteiger partial charge in [-0.1, -0.05) is 6.07 Å². The SMILES string of the molecule is N#Cc1c(NC(=O)COC(=O)/C=C/c2ccc3c(c2)OCO3)sc2c1CCCC2. The maximum absolute atomic E-state index is 12.2. The summed E-state index contributed by atoms with van der Waals surface area (Å²) in [6, 6.07) is 7.48. The first-order chi connectivity index (χ1) is 14.1. The van der Waals surface area contributed by atoms with Crippen molar-refractivity contribution in [2.24, 2.45) is 0 Å². The van der Waals surface area contributed by atoms with Gasteiger partial charge in [0.2, 0.25) is 6.79 Å². The van der Waals surface area contributed by atoms with E-state index in [-0.39, 0.29) is 6.79 Å². The summed E-state index contributed by atoms with van der Waals surface area (Å²) in [6.07, 6.45) is 6.77. The third kappa shape index (κ3) is 4.25. The zero-order valence-electron chi connectivity index (χ0n) is 15.5. The lowest BCUT2D eigenvalue weighted by Gasteiger charge is -2.09. The van der Waals surface area contributed by atoms with Gasteiger partial charge < -0.3 is 19.5 Å². The second kappa shape index (κ2) is 8.37. The van der Waals surface area contributed by atoms with Gasteiger partial charge in [0.05, 0.1) is 5.56 Å². The second-order valence-corrected chi connectivity index (χ2v) is 7.73. The topological polar surface area (TPSA) is 97.7 Å². The molecule has 0 saturated carbocycles. The van der Waals surface area contributed by atoms with Gasteiger partial charge in [-0.25, -0.2) is 4.79 Å². The number of nitrogens with one attached hydrogen (secondary N) is 1.